The van der Waals surface area contributed by atoms with E-state index in [9.17, 15) is 14.9 Å². The first kappa shape index (κ1) is 20.9. The van der Waals surface area contributed by atoms with E-state index in [1.54, 1.807) is 6.07 Å². The van der Waals surface area contributed by atoms with Crippen molar-refractivity contribution < 1.29 is 19.4 Å². The van der Waals surface area contributed by atoms with Crippen LogP contribution in [0.25, 0.3) is 0 Å². The predicted molar refractivity (Wildman–Crippen MR) is 112 cm³/mol. The molecule has 3 rings (SSSR count). The number of hydrogen-bond acceptors (Lipinski definition) is 5. The first-order chi connectivity index (χ1) is 13.9. The average Bonchev–Trinajstić information content (AvgIpc) is 2.73. The summed E-state index contributed by atoms with van der Waals surface area (Å²) in [5.74, 6) is 0.114. The number of hydrogen-bond donors (Lipinski definition) is 2. The smallest absolute Gasteiger partial charge is 0.296 e. The quantitative estimate of drug-likeness (QED) is 0.552. The molecule has 0 bridgehead atoms. The Morgan fingerprint density at radius 1 is 1.28 bits per heavy atom. The molecule has 1 amide bonds. The molecule has 0 spiro atoms. The molecule has 9 heteroatoms. The van der Waals surface area contributed by atoms with Gasteiger partial charge in [0.1, 0.15) is 11.4 Å². The topological polar surface area (TPSA) is 89.2 Å². The normalized spacial score (nSPS) is 15.6. The van der Waals surface area contributed by atoms with Gasteiger partial charge in [-0.25, -0.2) is 0 Å². The molecular weight excluding hydrogens is 396 g/mol. The number of nitro groups is 1. The summed E-state index contributed by atoms with van der Waals surface area (Å²) in [7, 11) is 1.44. The van der Waals surface area contributed by atoms with Gasteiger partial charge in [0.05, 0.1) is 55.0 Å². The zero-order valence-corrected chi connectivity index (χ0v) is 17.1. The minimum atomic E-state index is -0.530. The molecule has 2 N–H and O–H groups in total. The molecule has 1 aliphatic rings. The number of benzene rings is 2. The molecule has 2 aromatic carbocycles. The Morgan fingerprint density at radius 3 is 2.59 bits per heavy atom. The third-order valence-corrected chi connectivity index (χ3v) is 5.58. The molecule has 1 fully saturated rings. The molecule has 0 radical (unpaired) electrons. The van der Waals surface area contributed by atoms with Gasteiger partial charge in [-0.2, -0.15) is 0 Å². The lowest BCUT2D eigenvalue weighted by Gasteiger charge is -2.36. The number of amides is 1. The molecule has 0 aliphatic carbocycles. The van der Waals surface area contributed by atoms with Crippen LogP contribution in [0, 0.1) is 10.1 Å². The maximum Gasteiger partial charge on any atom is 0.296 e. The highest BCUT2D eigenvalue weighted by molar-refractivity contribution is 6.33. The van der Waals surface area contributed by atoms with Crippen LogP contribution in [0.5, 0.6) is 5.75 Å². The Hall–Kier alpha value is -2.84. The molecule has 1 atom stereocenters. The average molecular weight is 420 g/mol. The predicted octanol–water partition coefficient (Wildman–Crippen LogP) is 1.99. The number of methoxy groups -OCH3 is 1. The lowest BCUT2D eigenvalue weighted by Crippen LogP contribution is -3.19. The first-order valence-corrected chi connectivity index (χ1v) is 9.76. The van der Waals surface area contributed by atoms with Gasteiger partial charge in [-0.15, -0.1) is 0 Å². The molecule has 2 aromatic rings. The van der Waals surface area contributed by atoms with Gasteiger partial charge in [0.15, 0.2) is 6.04 Å². The summed E-state index contributed by atoms with van der Waals surface area (Å²) in [6.07, 6.45) is 0. The molecular formula is C20H24ClN4O4+. The van der Waals surface area contributed by atoms with Crippen molar-refractivity contribution >= 4 is 34.6 Å². The summed E-state index contributed by atoms with van der Waals surface area (Å²) >= 11 is 6.28. The van der Waals surface area contributed by atoms with Crippen molar-refractivity contribution in [3.05, 3.63) is 57.6 Å². The maximum atomic E-state index is 12.7. The zero-order chi connectivity index (χ0) is 21.0. The van der Waals surface area contributed by atoms with E-state index in [1.807, 2.05) is 31.2 Å². The summed E-state index contributed by atoms with van der Waals surface area (Å²) in [5, 5.41) is 14.7. The molecule has 0 aromatic heterocycles. The Bertz CT molecular complexity index is 900. The summed E-state index contributed by atoms with van der Waals surface area (Å²) < 4.78 is 5.03. The van der Waals surface area contributed by atoms with Gasteiger partial charge in [0.2, 0.25) is 0 Å². The van der Waals surface area contributed by atoms with Gasteiger partial charge in [-0.1, -0.05) is 23.7 Å². The fourth-order valence-electron chi connectivity index (χ4n) is 3.50. The molecule has 0 saturated carbocycles. The molecule has 0 unspecified atom stereocenters. The minimum Gasteiger partial charge on any atom is -0.496 e. The van der Waals surface area contributed by atoms with E-state index in [-0.39, 0.29) is 23.3 Å². The van der Waals surface area contributed by atoms with E-state index in [4.69, 9.17) is 16.3 Å². The standard InChI is InChI=1S/C20H23ClN4O4/c1-14(20(26)22-17-8-7-15(29-2)13-19(17)25(27)28)23-9-11-24(12-10-23)18-6-4-3-5-16(18)21/h3-8,13-14H,9-12H2,1-2H3,(H,22,26)/p+1/t14-/m1/s1. The van der Waals surface area contributed by atoms with Crippen molar-refractivity contribution in [3.8, 4) is 5.75 Å². The van der Waals surface area contributed by atoms with Crippen LogP contribution in [0.4, 0.5) is 17.1 Å². The van der Waals surface area contributed by atoms with Crippen molar-refractivity contribution in [1.29, 1.82) is 0 Å². The van der Waals surface area contributed by atoms with Gasteiger partial charge in [0.25, 0.3) is 11.6 Å². The van der Waals surface area contributed by atoms with Gasteiger partial charge in [-0.3, -0.25) is 14.9 Å². The molecule has 1 heterocycles. The number of ether oxygens (including phenoxy) is 1. The van der Waals surface area contributed by atoms with E-state index < -0.39 is 4.92 Å². The summed E-state index contributed by atoms with van der Waals surface area (Å²) in [6.45, 7) is 4.93. The van der Waals surface area contributed by atoms with Crippen molar-refractivity contribution in [3.63, 3.8) is 0 Å². The molecule has 29 heavy (non-hydrogen) atoms. The van der Waals surface area contributed by atoms with Crippen LogP contribution in [0.2, 0.25) is 5.02 Å². The van der Waals surface area contributed by atoms with E-state index in [0.717, 1.165) is 36.8 Å². The van der Waals surface area contributed by atoms with Crippen molar-refractivity contribution in [1.82, 2.24) is 0 Å². The van der Waals surface area contributed by atoms with Gasteiger partial charge >= 0.3 is 0 Å². The number of nitro benzene ring substituents is 1. The van der Waals surface area contributed by atoms with E-state index >= 15 is 0 Å². The second-order valence-corrected chi connectivity index (χ2v) is 7.36. The van der Waals surface area contributed by atoms with Crippen molar-refractivity contribution in [2.45, 2.75) is 13.0 Å². The number of halogens is 1. The minimum absolute atomic E-state index is 0.168. The number of quaternary nitrogens is 1. The van der Waals surface area contributed by atoms with Gasteiger partial charge in [0, 0.05) is 0 Å². The fraction of sp³-hybridized carbons (Fsp3) is 0.350. The van der Waals surface area contributed by atoms with Crippen LogP contribution in [-0.2, 0) is 4.79 Å². The third-order valence-electron chi connectivity index (χ3n) is 5.26. The highest BCUT2D eigenvalue weighted by Crippen LogP contribution is 2.29. The molecule has 154 valence electrons. The Kier molecular flexibility index (Phi) is 6.56. The fourth-order valence-corrected chi connectivity index (χ4v) is 3.75. The number of para-hydroxylation sites is 1. The van der Waals surface area contributed by atoms with Crippen LogP contribution in [0.3, 0.4) is 0 Å². The van der Waals surface area contributed by atoms with E-state index in [0.29, 0.717) is 10.8 Å². The summed E-state index contributed by atoms with van der Waals surface area (Å²) in [6, 6.07) is 11.8. The second-order valence-electron chi connectivity index (χ2n) is 6.95. The largest absolute Gasteiger partial charge is 0.496 e. The first-order valence-electron chi connectivity index (χ1n) is 9.38. The summed E-state index contributed by atoms with van der Waals surface area (Å²) in [5.41, 5.74) is 0.976. The molecule has 8 nitrogen and oxygen atoms in total. The van der Waals surface area contributed by atoms with Gasteiger partial charge < -0.3 is 19.9 Å². The number of nitrogens with one attached hydrogen (secondary N) is 2. The lowest BCUT2D eigenvalue weighted by molar-refractivity contribution is -0.914. The van der Waals surface area contributed by atoms with Crippen LogP contribution in [-0.4, -0.2) is 50.2 Å². The second kappa shape index (κ2) is 9.11. The Balaban J connectivity index is 1.63. The Labute approximate surface area is 174 Å². The SMILES string of the molecule is COc1ccc(NC(=O)[C@@H](C)[NH+]2CCN(c3ccccc3Cl)CC2)c([N+](=O)[O-])c1. The summed E-state index contributed by atoms with van der Waals surface area (Å²) in [4.78, 5) is 26.9. The highest BCUT2D eigenvalue weighted by atomic mass is 35.5. The number of nitrogens with zero attached hydrogens (tertiary/aromatic N) is 2. The number of carbonyl (C=O) groups is 1. The lowest BCUT2D eigenvalue weighted by atomic mass is 10.2. The van der Waals surface area contributed by atoms with E-state index in [2.05, 4.69) is 10.2 Å². The monoisotopic (exact) mass is 419 g/mol. The van der Waals surface area contributed by atoms with E-state index in [1.165, 1.54) is 19.2 Å². The van der Waals surface area contributed by atoms with Crippen LogP contribution >= 0.6 is 11.6 Å². The number of piperazine rings is 1. The maximum absolute atomic E-state index is 12.7. The number of carbonyl (C=O) groups excluding carboxylic acids is 1. The van der Waals surface area contributed by atoms with Crippen LogP contribution in [0.15, 0.2) is 42.5 Å². The van der Waals surface area contributed by atoms with Crippen LogP contribution in [0.1, 0.15) is 6.92 Å². The van der Waals surface area contributed by atoms with Gasteiger partial charge in [-0.05, 0) is 31.2 Å². The highest BCUT2D eigenvalue weighted by Gasteiger charge is 2.31. The number of anilines is 2. The third kappa shape index (κ3) is 4.78. The Morgan fingerprint density at radius 2 is 1.97 bits per heavy atom. The van der Waals surface area contributed by atoms with Crippen LogP contribution < -0.4 is 19.9 Å². The van der Waals surface area contributed by atoms with Crippen molar-refractivity contribution in [2.24, 2.45) is 0 Å². The number of rotatable bonds is 6. The zero-order valence-electron chi connectivity index (χ0n) is 16.4. The van der Waals surface area contributed by atoms with Crippen molar-refractivity contribution in [2.75, 3.05) is 43.5 Å². The molecule has 1 aliphatic heterocycles. The molecule has 1 saturated heterocycles.